The number of H-pyrrole nitrogens is 1. The number of rotatable bonds is 1. The molecule has 0 aliphatic rings. The standard InChI is InChI=1S/C10H10ClN3.ClH/c1-6-9(10(12)14-13-6)7-3-2-4-8(11)5-7;/h2-5H,1H3,(H3,12,13,14);1H. The van der Waals surface area contributed by atoms with Crippen LogP contribution in [0.2, 0.25) is 5.02 Å². The van der Waals surface area contributed by atoms with Crippen LogP contribution in [-0.2, 0) is 0 Å². The number of hydrogen-bond donors (Lipinski definition) is 2. The quantitative estimate of drug-likeness (QED) is 0.809. The van der Waals surface area contributed by atoms with Crippen molar-refractivity contribution >= 4 is 29.8 Å². The molecule has 0 unspecified atom stereocenters. The lowest BCUT2D eigenvalue weighted by molar-refractivity contribution is 1.05. The van der Waals surface area contributed by atoms with E-state index in [-0.39, 0.29) is 12.4 Å². The van der Waals surface area contributed by atoms with Gasteiger partial charge in [0.2, 0.25) is 0 Å². The van der Waals surface area contributed by atoms with E-state index in [1.165, 1.54) is 0 Å². The summed E-state index contributed by atoms with van der Waals surface area (Å²) in [6.45, 7) is 1.93. The third-order valence-electron chi connectivity index (χ3n) is 2.09. The van der Waals surface area contributed by atoms with E-state index in [1.807, 2.05) is 31.2 Å². The van der Waals surface area contributed by atoms with Crippen LogP contribution in [0.3, 0.4) is 0 Å². The van der Waals surface area contributed by atoms with Crippen molar-refractivity contribution in [3.8, 4) is 11.1 Å². The summed E-state index contributed by atoms with van der Waals surface area (Å²) in [4.78, 5) is 0. The number of nitrogens with one attached hydrogen (secondary N) is 1. The number of aryl methyl sites for hydroxylation is 1. The minimum Gasteiger partial charge on any atom is -0.382 e. The highest BCUT2D eigenvalue weighted by Gasteiger charge is 2.09. The van der Waals surface area contributed by atoms with Gasteiger partial charge in [0.25, 0.3) is 0 Å². The molecule has 0 spiro atoms. The van der Waals surface area contributed by atoms with Gasteiger partial charge < -0.3 is 5.73 Å². The smallest absolute Gasteiger partial charge is 0.153 e. The molecule has 0 fully saturated rings. The Morgan fingerprint density at radius 3 is 2.67 bits per heavy atom. The maximum Gasteiger partial charge on any atom is 0.153 e. The largest absolute Gasteiger partial charge is 0.382 e. The van der Waals surface area contributed by atoms with Crippen LogP contribution >= 0.6 is 24.0 Å². The molecule has 5 heteroatoms. The summed E-state index contributed by atoms with van der Waals surface area (Å²) >= 11 is 5.90. The first-order chi connectivity index (χ1) is 6.68. The molecule has 1 heterocycles. The van der Waals surface area contributed by atoms with E-state index in [9.17, 15) is 0 Å². The first-order valence-corrected chi connectivity index (χ1v) is 4.62. The molecule has 0 aliphatic carbocycles. The molecular formula is C10H11Cl2N3. The number of nitrogens with two attached hydrogens (primary N) is 1. The van der Waals surface area contributed by atoms with Crippen LogP contribution in [0.1, 0.15) is 5.69 Å². The van der Waals surface area contributed by atoms with E-state index in [1.54, 1.807) is 0 Å². The molecule has 0 bridgehead atoms. The fourth-order valence-electron chi connectivity index (χ4n) is 1.46. The van der Waals surface area contributed by atoms with E-state index in [0.717, 1.165) is 16.8 Å². The van der Waals surface area contributed by atoms with E-state index >= 15 is 0 Å². The molecule has 1 aromatic carbocycles. The molecular weight excluding hydrogens is 233 g/mol. The van der Waals surface area contributed by atoms with Crippen molar-refractivity contribution in [2.45, 2.75) is 6.92 Å². The number of nitrogens with zero attached hydrogens (tertiary/aromatic N) is 1. The second-order valence-corrected chi connectivity index (χ2v) is 3.56. The second-order valence-electron chi connectivity index (χ2n) is 3.12. The Balaban J connectivity index is 0.00000112. The average molecular weight is 244 g/mol. The zero-order valence-electron chi connectivity index (χ0n) is 8.12. The van der Waals surface area contributed by atoms with E-state index < -0.39 is 0 Å². The van der Waals surface area contributed by atoms with Crippen LogP contribution < -0.4 is 5.73 Å². The van der Waals surface area contributed by atoms with Crippen molar-refractivity contribution in [2.75, 3.05) is 5.73 Å². The number of hydrogen-bond acceptors (Lipinski definition) is 2. The molecule has 0 atom stereocenters. The Hall–Kier alpha value is -1.19. The third kappa shape index (κ3) is 2.25. The molecule has 3 N–H and O–H groups in total. The molecule has 0 saturated heterocycles. The number of aromatic nitrogens is 2. The molecule has 0 radical (unpaired) electrons. The van der Waals surface area contributed by atoms with Crippen molar-refractivity contribution in [3.05, 3.63) is 35.0 Å². The first-order valence-electron chi connectivity index (χ1n) is 4.25. The normalized spacial score (nSPS) is 9.73. The second kappa shape index (κ2) is 4.55. The Kier molecular flexibility index (Phi) is 3.61. The monoisotopic (exact) mass is 243 g/mol. The maximum atomic E-state index is 5.90. The van der Waals surface area contributed by atoms with Gasteiger partial charge in [-0.3, -0.25) is 5.10 Å². The number of aromatic amines is 1. The lowest BCUT2D eigenvalue weighted by Gasteiger charge is -2.01. The van der Waals surface area contributed by atoms with Gasteiger partial charge in [-0.2, -0.15) is 5.10 Å². The van der Waals surface area contributed by atoms with Crippen molar-refractivity contribution in [2.24, 2.45) is 0 Å². The summed E-state index contributed by atoms with van der Waals surface area (Å²) in [6, 6.07) is 7.55. The first kappa shape index (κ1) is 11.9. The Bertz CT molecular complexity index is 446. The summed E-state index contributed by atoms with van der Waals surface area (Å²) in [5.41, 5.74) is 8.60. The highest BCUT2D eigenvalue weighted by Crippen LogP contribution is 2.28. The zero-order chi connectivity index (χ0) is 10.1. The van der Waals surface area contributed by atoms with Crippen LogP contribution in [0, 0.1) is 6.92 Å². The van der Waals surface area contributed by atoms with Crippen molar-refractivity contribution < 1.29 is 0 Å². The summed E-state index contributed by atoms with van der Waals surface area (Å²) in [7, 11) is 0. The topological polar surface area (TPSA) is 54.7 Å². The number of nitrogen functional groups attached to an aromatic ring is 1. The number of halogens is 2. The third-order valence-corrected chi connectivity index (χ3v) is 2.32. The molecule has 3 nitrogen and oxygen atoms in total. The van der Waals surface area contributed by atoms with Crippen LogP contribution in [0.15, 0.2) is 24.3 Å². The van der Waals surface area contributed by atoms with Crippen LogP contribution in [0.25, 0.3) is 11.1 Å². The molecule has 2 aromatic rings. The summed E-state index contributed by atoms with van der Waals surface area (Å²) in [5, 5.41) is 7.47. The summed E-state index contributed by atoms with van der Waals surface area (Å²) in [5.74, 6) is 0.504. The number of anilines is 1. The molecule has 0 saturated carbocycles. The number of benzene rings is 1. The lowest BCUT2D eigenvalue weighted by Crippen LogP contribution is -1.88. The van der Waals surface area contributed by atoms with Crippen LogP contribution in [-0.4, -0.2) is 10.2 Å². The van der Waals surface area contributed by atoms with Crippen molar-refractivity contribution in [3.63, 3.8) is 0 Å². The van der Waals surface area contributed by atoms with Gasteiger partial charge in [-0.1, -0.05) is 23.7 Å². The predicted molar refractivity (Wildman–Crippen MR) is 65.4 cm³/mol. The van der Waals surface area contributed by atoms with Gasteiger partial charge in [-0.05, 0) is 24.6 Å². The Labute approximate surface area is 99.0 Å². The Morgan fingerprint density at radius 1 is 1.40 bits per heavy atom. The molecule has 80 valence electrons. The molecule has 15 heavy (non-hydrogen) atoms. The maximum absolute atomic E-state index is 5.90. The van der Waals surface area contributed by atoms with Gasteiger partial charge in [0.15, 0.2) is 5.82 Å². The minimum absolute atomic E-state index is 0. The van der Waals surface area contributed by atoms with Crippen LogP contribution in [0.5, 0.6) is 0 Å². The van der Waals surface area contributed by atoms with Crippen molar-refractivity contribution in [1.82, 2.24) is 10.2 Å². The summed E-state index contributed by atoms with van der Waals surface area (Å²) < 4.78 is 0. The van der Waals surface area contributed by atoms with Gasteiger partial charge in [-0.25, -0.2) is 0 Å². The minimum atomic E-state index is 0. The fourth-order valence-corrected chi connectivity index (χ4v) is 1.65. The SMILES string of the molecule is Cc1[nH]nc(N)c1-c1cccc(Cl)c1.Cl. The van der Waals surface area contributed by atoms with Crippen LogP contribution in [0.4, 0.5) is 5.82 Å². The predicted octanol–water partition coefficient (Wildman–Crippen LogP) is 3.04. The van der Waals surface area contributed by atoms with E-state index in [2.05, 4.69) is 10.2 Å². The zero-order valence-corrected chi connectivity index (χ0v) is 9.69. The lowest BCUT2D eigenvalue weighted by atomic mass is 10.1. The Morgan fingerprint density at radius 2 is 2.13 bits per heavy atom. The van der Waals surface area contributed by atoms with Gasteiger partial charge in [0, 0.05) is 16.3 Å². The summed E-state index contributed by atoms with van der Waals surface area (Å²) in [6.07, 6.45) is 0. The van der Waals surface area contributed by atoms with E-state index in [4.69, 9.17) is 17.3 Å². The van der Waals surface area contributed by atoms with Gasteiger partial charge in [0.1, 0.15) is 0 Å². The van der Waals surface area contributed by atoms with Gasteiger partial charge in [0.05, 0.1) is 0 Å². The molecule has 2 rings (SSSR count). The fraction of sp³-hybridized carbons (Fsp3) is 0.100. The highest BCUT2D eigenvalue weighted by atomic mass is 35.5. The highest BCUT2D eigenvalue weighted by molar-refractivity contribution is 6.30. The molecule has 1 aromatic heterocycles. The average Bonchev–Trinajstić information content (AvgIpc) is 2.46. The van der Waals surface area contributed by atoms with Crippen molar-refractivity contribution in [1.29, 1.82) is 0 Å². The molecule has 0 aliphatic heterocycles. The molecule has 0 amide bonds. The van der Waals surface area contributed by atoms with Gasteiger partial charge >= 0.3 is 0 Å². The van der Waals surface area contributed by atoms with Gasteiger partial charge in [-0.15, -0.1) is 12.4 Å². The van der Waals surface area contributed by atoms with E-state index in [0.29, 0.717) is 10.8 Å².